The number of rotatable bonds is 4. The Hall–Kier alpha value is -1.07. The van der Waals surface area contributed by atoms with Gasteiger partial charge in [-0.25, -0.2) is 4.79 Å². The van der Waals surface area contributed by atoms with Crippen LogP contribution in [0.15, 0.2) is 22.7 Å². The van der Waals surface area contributed by atoms with Crippen molar-refractivity contribution in [1.29, 1.82) is 0 Å². The summed E-state index contributed by atoms with van der Waals surface area (Å²) in [5, 5.41) is 0. The summed E-state index contributed by atoms with van der Waals surface area (Å²) in [6, 6.07) is 5.05. The van der Waals surface area contributed by atoms with Crippen molar-refractivity contribution in [3.05, 3.63) is 28.2 Å². The van der Waals surface area contributed by atoms with Crippen molar-refractivity contribution in [1.82, 2.24) is 0 Å². The number of nitrogen functional groups attached to an aromatic ring is 1. The summed E-state index contributed by atoms with van der Waals surface area (Å²) in [6.07, 6.45) is 0. The van der Waals surface area contributed by atoms with E-state index in [1.54, 1.807) is 25.3 Å². The number of hydrogen-bond acceptors (Lipinski definition) is 4. The highest BCUT2D eigenvalue weighted by Crippen LogP contribution is 2.24. The molecule has 82 valence electrons. The molecule has 1 rings (SSSR count). The van der Waals surface area contributed by atoms with Crippen molar-refractivity contribution >= 4 is 27.6 Å². The molecule has 0 aliphatic heterocycles. The molecule has 5 heteroatoms. The summed E-state index contributed by atoms with van der Waals surface area (Å²) in [5.74, 6) is -0.411. The van der Waals surface area contributed by atoms with Gasteiger partial charge in [0.1, 0.15) is 6.61 Å². The van der Waals surface area contributed by atoms with Crippen molar-refractivity contribution in [2.45, 2.75) is 0 Å². The van der Waals surface area contributed by atoms with Crippen LogP contribution >= 0.6 is 15.9 Å². The molecule has 4 nitrogen and oxygen atoms in total. The van der Waals surface area contributed by atoms with E-state index in [1.807, 2.05) is 0 Å². The second kappa shape index (κ2) is 5.72. The van der Waals surface area contributed by atoms with E-state index >= 15 is 0 Å². The summed E-state index contributed by atoms with van der Waals surface area (Å²) >= 11 is 3.23. The molecular formula is C10H12BrNO3. The topological polar surface area (TPSA) is 61.5 Å². The van der Waals surface area contributed by atoms with Gasteiger partial charge in [0, 0.05) is 12.8 Å². The van der Waals surface area contributed by atoms with E-state index in [-0.39, 0.29) is 6.61 Å². The smallest absolute Gasteiger partial charge is 0.339 e. The first-order valence-electron chi connectivity index (χ1n) is 4.37. The molecule has 0 unspecified atom stereocenters. The van der Waals surface area contributed by atoms with Crippen LogP contribution in [0.5, 0.6) is 0 Å². The number of methoxy groups -OCH3 is 1. The Morgan fingerprint density at radius 1 is 1.47 bits per heavy atom. The predicted molar refractivity (Wildman–Crippen MR) is 60.7 cm³/mol. The molecule has 2 N–H and O–H groups in total. The molecule has 0 aromatic heterocycles. The number of carbonyl (C=O) groups excluding carboxylic acids is 1. The second-order valence-electron chi connectivity index (χ2n) is 2.84. The average Bonchev–Trinajstić information content (AvgIpc) is 2.22. The third kappa shape index (κ3) is 3.21. The van der Waals surface area contributed by atoms with Crippen LogP contribution in [0.1, 0.15) is 10.4 Å². The lowest BCUT2D eigenvalue weighted by Gasteiger charge is -2.07. The molecule has 0 fully saturated rings. The molecule has 0 spiro atoms. The summed E-state index contributed by atoms with van der Waals surface area (Å²) in [6.45, 7) is 0.613. The number of hydrogen-bond donors (Lipinski definition) is 1. The Labute approximate surface area is 96.5 Å². The largest absolute Gasteiger partial charge is 0.460 e. The lowest BCUT2D eigenvalue weighted by molar-refractivity contribution is 0.0387. The summed E-state index contributed by atoms with van der Waals surface area (Å²) < 4.78 is 10.3. The van der Waals surface area contributed by atoms with Crippen LogP contribution in [0.4, 0.5) is 5.69 Å². The lowest BCUT2D eigenvalue weighted by Crippen LogP contribution is -2.11. The molecule has 0 radical (unpaired) electrons. The van der Waals surface area contributed by atoms with Gasteiger partial charge in [-0.15, -0.1) is 0 Å². The fourth-order valence-electron chi connectivity index (χ4n) is 1.00. The Morgan fingerprint density at radius 2 is 2.20 bits per heavy atom. The molecule has 0 bridgehead atoms. The second-order valence-corrected chi connectivity index (χ2v) is 3.63. The molecule has 0 heterocycles. The van der Waals surface area contributed by atoms with Gasteiger partial charge in [-0.2, -0.15) is 0 Å². The van der Waals surface area contributed by atoms with Gasteiger partial charge >= 0.3 is 5.97 Å². The molecular weight excluding hydrogens is 262 g/mol. The minimum Gasteiger partial charge on any atom is -0.460 e. The van der Waals surface area contributed by atoms with E-state index in [2.05, 4.69) is 15.9 Å². The van der Waals surface area contributed by atoms with E-state index < -0.39 is 5.97 Å². The zero-order chi connectivity index (χ0) is 11.3. The van der Waals surface area contributed by atoms with E-state index in [1.165, 1.54) is 0 Å². The Morgan fingerprint density at radius 3 is 2.87 bits per heavy atom. The van der Waals surface area contributed by atoms with Crippen LogP contribution in [-0.4, -0.2) is 26.3 Å². The van der Waals surface area contributed by atoms with Crippen molar-refractivity contribution in [3.63, 3.8) is 0 Å². The van der Waals surface area contributed by atoms with Gasteiger partial charge in [-0.05, 0) is 28.1 Å². The summed E-state index contributed by atoms with van der Waals surface area (Å²) in [5.41, 5.74) is 6.57. The van der Waals surface area contributed by atoms with Crippen LogP contribution in [0, 0.1) is 0 Å². The van der Waals surface area contributed by atoms with Crippen LogP contribution in [0.2, 0.25) is 0 Å². The summed E-state index contributed by atoms with van der Waals surface area (Å²) in [7, 11) is 1.55. The maximum Gasteiger partial charge on any atom is 0.339 e. The fraction of sp³-hybridized carbons (Fsp3) is 0.300. The van der Waals surface area contributed by atoms with Gasteiger partial charge in [0.05, 0.1) is 16.6 Å². The van der Waals surface area contributed by atoms with Gasteiger partial charge < -0.3 is 15.2 Å². The maximum atomic E-state index is 11.5. The Balaban J connectivity index is 2.69. The Kier molecular flexibility index (Phi) is 4.58. The zero-order valence-corrected chi connectivity index (χ0v) is 9.91. The van der Waals surface area contributed by atoms with Crippen LogP contribution < -0.4 is 5.73 Å². The van der Waals surface area contributed by atoms with Gasteiger partial charge in [0.15, 0.2) is 0 Å². The first-order chi connectivity index (χ1) is 7.16. The highest BCUT2D eigenvalue weighted by Gasteiger charge is 2.12. The minimum absolute atomic E-state index is 0.233. The molecule has 0 aliphatic carbocycles. The molecule has 0 aliphatic rings. The first-order valence-corrected chi connectivity index (χ1v) is 5.16. The number of halogens is 1. The molecule has 0 saturated heterocycles. The van der Waals surface area contributed by atoms with Gasteiger partial charge in [-0.3, -0.25) is 0 Å². The third-order valence-electron chi connectivity index (χ3n) is 1.77. The number of anilines is 1. The normalized spacial score (nSPS) is 10.0. The van der Waals surface area contributed by atoms with Crippen molar-refractivity contribution in [2.24, 2.45) is 0 Å². The fourth-order valence-corrected chi connectivity index (χ4v) is 1.43. The standard InChI is InChI=1S/C10H12BrNO3/c1-14-5-6-15-10(13)7-3-2-4-8(12)9(7)11/h2-4H,5-6,12H2,1H3. The van der Waals surface area contributed by atoms with E-state index in [9.17, 15) is 4.79 Å². The van der Waals surface area contributed by atoms with Gasteiger partial charge in [-0.1, -0.05) is 6.07 Å². The molecule has 0 atom stereocenters. The lowest BCUT2D eigenvalue weighted by atomic mass is 10.2. The van der Waals surface area contributed by atoms with Crippen LogP contribution in [-0.2, 0) is 9.47 Å². The summed E-state index contributed by atoms with van der Waals surface area (Å²) in [4.78, 5) is 11.5. The van der Waals surface area contributed by atoms with Gasteiger partial charge in [0.2, 0.25) is 0 Å². The van der Waals surface area contributed by atoms with E-state index in [0.29, 0.717) is 22.3 Å². The molecule has 1 aromatic carbocycles. The number of carbonyl (C=O) groups is 1. The van der Waals surface area contributed by atoms with Crippen LogP contribution in [0.25, 0.3) is 0 Å². The molecule has 1 aromatic rings. The number of ether oxygens (including phenoxy) is 2. The average molecular weight is 274 g/mol. The SMILES string of the molecule is COCCOC(=O)c1cccc(N)c1Br. The minimum atomic E-state index is -0.411. The zero-order valence-electron chi connectivity index (χ0n) is 8.33. The molecule has 15 heavy (non-hydrogen) atoms. The quantitative estimate of drug-likeness (QED) is 0.517. The number of benzene rings is 1. The maximum absolute atomic E-state index is 11.5. The molecule has 0 amide bonds. The molecule has 0 saturated carbocycles. The monoisotopic (exact) mass is 273 g/mol. The highest BCUT2D eigenvalue weighted by atomic mass is 79.9. The van der Waals surface area contributed by atoms with Crippen molar-refractivity contribution < 1.29 is 14.3 Å². The van der Waals surface area contributed by atoms with E-state index in [4.69, 9.17) is 15.2 Å². The Bertz CT molecular complexity index is 355. The van der Waals surface area contributed by atoms with E-state index in [0.717, 1.165) is 0 Å². The van der Waals surface area contributed by atoms with Gasteiger partial charge in [0.25, 0.3) is 0 Å². The third-order valence-corrected chi connectivity index (χ3v) is 2.65. The van der Waals surface area contributed by atoms with Crippen LogP contribution in [0.3, 0.4) is 0 Å². The number of nitrogens with two attached hydrogens (primary N) is 1. The predicted octanol–water partition coefficient (Wildman–Crippen LogP) is 1.83. The van der Waals surface area contributed by atoms with Crippen molar-refractivity contribution in [3.8, 4) is 0 Å². The highest BCUT2D eigenvalue weighted by molar-refractivity contribution is 9.10. The van der Waals surface area contributed by atoms with Crippen molar-refractivity contribution in [2.75, 3.05) is 26.1 Å². The first kappa shape index (κ1) is 12.0. The number of esters is 1.